The first-order valence-electron chi connectivity index (χ1n) is 10.4. The van der Waals surface area contributed by atoms with Crippen molar-refractivity contribution in [1.29, 1.82) is 0 Å². The SMILES string of the molecule is Cc1cccc(C)c1OCCNC(=O)CCc1ccc(S(=O)(=O)N2CCCC2)cc1. The number of hydrogen-bond donors (Lipinski definition) is 1. The van der Waals surface area contributed by atoms with Gasteiger partial charge in [-0.25, -0.2) is 8.42 Å². The molecule has 1 amide bonds. The normalized spacial score (nSPS) is 14.6. The Morgan fingerprint density at radius 2 is 1.67 bits per heavy atom. The highest BCUT2D eigenvalue weighted by atomic mass is 32.2. The van der Waals surface area contributed by atoms with Crippen molar-refractivity contribution < 1.29 is 17.9 Å². The van der Waals surface area contributed by atoms with E-state index in [1.54, 1.807) is 24.3 Å². The van der Waals surface area contributed by atoms with Gasteiger partial charge in [-0.3, -0.25) is 4.79 Å². The van der Waals surface area contributed by atoms with Crippen LogP contribution in [-0.2, 0) is 21.2 Å². The Balaban J connectivity index is 1.41. The monoisotopic (exact) mass is 430 g/mol. The number of para-hydroxylation sites is 1. The lowest BCUT2D eigenvalue weighted by atomic mass is 10.1. The molecule has 1 N–H and O–H groups in total. The highest BCUT2D eigenvalue weighted by Gasteiger charge is 2.26. The number of hydrogen-bond acceptors (Lipinski definition) is 4. The fourth-order valence-electron chi connectivity index (χ4n) is 3.62. The van der Waals surface area contributed by atoms with E-state index in [1.807, 2.05) is 32.0 Å². The zero-order valence-electron chi connectivity index (χ0n) is 17.7. The minimum Gasteiger partial charge on any atom is -0.491 e. The number of carbonyl (C=O) groups is 1. The van der Waals surface area contributed by atoms with Crippen LogP contribution in [0.5, 0.6) is 5.75 Å². The zero-order valence-corrected chi connectivity index (χ0v) is 18.5. The molecule has 1 aliphatic heterocycles. The second-order valence-corrected chi connectivity index (χ2v) is 9.61. The van der Waals surface area contributed by atoms with Crippen LogP contribution in [0.3, 0.4) is 0 Å². The summed E-state index contributed by atoms with van der Waals surface area (Å²) in [5.41, 5.74) is 3.10. The van der Waals surface area contributed by atoms with E-state index in [1.165, 1.54) is 4.31 Å². The molecule has 0 unspecified atom stereocenters. The minimum atomic E-state index is -3.39. The molecule has 2 aromatic carbocycles. The van der Waals surface area contributed by atoms with Gasteiger partial charge in [0.25, 0.3) is 0 Å². The lowest BCUT2D eigenvalue weighted by molar-refractivity contribution is -0.121. The second-order valence-electron chi connectivity index (χ2n) is 7.67. The van der Waals surface area contributed by atoms with Gasteiger partial charge in [0.1, 0.15) is 12.4 Å². The Hall–Kier alpha value is -2.38. The van der Waals surface area contributed by atoms with Crippen LogP contribution < -0.4 is 10.1 Å². The first kappa shape index (κ1) is 22.3. The summed E-state index contributed by atoms with van der Waals surface area (Å²) in [6, 6.07) is 12.9. The molecule has 1 saturated heterocycles. The summed E-state index contributed by atoms with van der Waals surface area (Å²) in [5, 5.41) is 2.87. The zero-order chi connectivity index (χ0) is 21.6. The molecule has 7 heteroatoms. The molecule has 0 aromatic heterocycles. The Labute approximate surface area is 179 Å². The Morgan fingerprint density at radius 3 is 2.30 bits per heavy atom. The van der Waals surface area contributed by atoms with Gasteiger partial charge < -0.3 is 10.1 Å². The Kier molecular flexibility index (Phi) is 7.50. The maximum Gasteiger partial charge on any atom is 0.243 e. The highest BCUT2D eigenvalue weighted by Crippen LogP contribution is 2.22. The molecule has 0 bridgehead atoms. The van der Waals surface area contributed by atoms with Crippen LogP contribution in [-0.4, -0.2) is 44.9 Å². The molecule has 3 rings (SSSR count). The Bertz CT molecular complexity index is 945. The number of nitrogens with zero attached hydrogens (tertiary/aromatic N) is 1. The molecule has 30 heavy (non-hydrogen) atoms. The summed E-state index contributed by atoms with van der Waals surface area (Å²) in [7, 11) is -3.39. The lowest BCUT2D eigenvalue weighted by Crippen LogP contribution is -2.28. The lowest BCUT2D eigenvalue weighted by Gasteiger charge is -2.15. The number of amides is 1. The predicted molar refractivity (Wildman–Crippen MR) is 117 cm³/mol. The van der Waals surface area contributed by atoms with Crippen molar-refractivity contribution in [2.24, 2.45) is 0 Å². The molecule has 2 aromatic rings. The van der Waals surface area contributed by atoms with Crippen LogP contribution in [0, 0.1) is 13.8 Å². The van der Waals surface area contributed by atoms with Gasteiger partial charge >= 0.3 is 0 Å². The fraction of sp³-hybridized carbons (Fsp3) is 0.435. The van der Waals surface area contributed by atoms with Crippen LogP contribution >= 0.6 is 0 Å². The largest absolute Gasteiger partial charge is 0.491 e. The molecule has 0 aliphatic carbocycles. The third-order valence-electron chi connectivity index (χ3n) is 5.35. The predicted octanol–water partition coefficient (Wildman–Crippen LogP) is 3.22. The maximum absolute atomic E-state index is 12.6. The van der Waals surface area contributed by atoms with Crippen molar-refractivity contribution in [1.82, 2.24) is 9.62 Å². The quantitative estimate of drug-likeness (QED) is 0.620. The van der Waals surface area contributed by atoms with E-state index >= 15 is 0 Å². The average molecular weight is 431 g/mol. The first-order chi connectivity index (χ1) is 14.4. The summed E-state index contributed by atoms with van der Waals surface area (Å²) in [6.07, 6.45) is 2.75. The van der Waals surface area contributed by atoms with E-state index in [-0.39, 0.29) is 5.91 Å². The van der Waals surface area contributed by atoms with E-state index < -0.39 is 10.0 Å². The van der Waals surface area contributed by atoms with E-state index in [2.05, 4.69) is 5.32 Å². The number of carbonyl (C=O) groups excluding carboxylic acids is 1. The third-order valence-corrected chi connectivity index (χ3v) is 7.26. The number of nitrogens with one attached hydrogen (secondary N) is 1. The van der Waals surface area contributed by atoms with Gasteiger partial charge in [-0.2, -0.15) is 4.31 Å². The molecule has 1 fully saturated rings. The smallest absolute Gasteiger partial charge is 0.243 e. The summed E-state index contributed by atoms with van der Waals surface area (Å²) < 4.78 is 32.4. The molecule has 1 aliphatic rings. The van der Waals surface area contributed by atoms with Crippen LogP contribution in [0.4, 0.5) is 0 Å². The molecular formula is C23H30N2O4S. The van der Waals surface area contributed by atoms with Crippen LogP contribution in [0.2, 0.25) is 0 Å². The summed E-state index contributed by atoms with van der Waals surface area (Å²) in [6.45, 7) is 6.06. The molecule has 1 heterocycles. The molecule has 0 atom stereocenters. The van der Waals surface area contributed by atoms with Crippen LogP contribution in [0.15, 0.2) is 47.4 Å². The fourth-order valence-corrected chi connectivity index (χ4v) is 5.14. The van der Waals surface area contributed by atoms with Crippen molar-refractivity contribution >= 4 is 15.9 Å². The third kappa shape index (κ3) is 5.61. The van der Waals surface area contributed by atoms with Crippen molar-refractivity contribution in [2.45, 2.75) is 44.4 Å². The van der Waals surface area contributed by atoms with Gasteiger partial charge in [-0.15, -0.1) is 0 Å². The average Bonchev–Trinajstić information content (AvgIpc) is 3.27. The van der Waals surface area contributed by atoms with Gasteiger partial charge in [0.2, 0.25) is 15.9 Å². The number of benzene rings is 2. The number of rotatable bonds is 9. The summed E-state index contributed by atoms with van der Waals surface area (Å²) in [5.74, 6) is 0.824. The number of sulfonamides is 1. The van der Waals surface area contributed by atoms with Crippen LogP contribution in [0.1, 0.15) is 36.0 Å². The number of aryl methyl sites for hydroxylation is 3. The Morgan fingerprint density at radius 1 is 1.03 bits per heavy atom. The van der Waals surface area contributed by atoms with E-state index in [9.17, 15) is 13.2 Å². The van der Waals surface area contributed by atoms with Crippen molar-refractivity contribution in [2.75, 3.05) is 26.2 Å². The highest BCUT2D eigenvalue weighted by molar-refractivity contribution is 7.89. The van der Waals surface area contributed by atoms with Gasteiger partial charge in [-0.05, 0) is 61.9 Å². The summed E-state index contributed by atoms with van der Waals surface area (Å²) in [4.78, 5) is 12.4. The molecule has 0 spiro atoms. The van der Waals surface area contributed by atoms with Crippen molar-refractivity contribution in [3.8, 4) is 5.75 Å². The van der Waals surface area contributed by atoms with E-state index in [0.717, 1.165) is 35.3 Å². The van der Waals surface area contributed by atoms with Gasteiger partial charge in [0.15, 0.2) is 0 Å². The maximum atomic E-state index is 12.6. The first-order valence-corrected chi connectivity index (χ1v) is 11.9. The van der Waals surface area contributed by atoms with Gasteiger partial charge in [0, 0.05) is 19.5 Å². The number of ether oxygens (including phenoxy) is 1. The summed E-state index contributed by atoms with van der Waals surface area (Å²) >= 11 is 0. The van der Waals surface area contributed by atoms with Gasteiger partial charge in [-0.1, -0.05) is 30.3 Å². The van der Waals surface area contributed by atoms with Gasteiger partial charge in [0.05, 0.1) is 11.4 Å². The van der Waals surface area contributed by atoms with Crippen molar-refractivity contribution in [3.05, 3.63) is 59.2 Å². The molecule has 6 nitrogen and oxygen atoms in total. The topological polar surface area (TPSA) is 75.7 Å². The van der Waals surface area contributed by atoms with Crippen LogP contribution in [0.25, 0.3) is 0 Å². The van der Waals surface area contributed by atoms with E-state index in [4.69, 9.17) is 4.74 Å². The van der Waals surface area contributed by atoms with E-state index in [0.29, 0.717) is 44.0 Å². The molecule has 162 valence electrons. The standard InChI is InChI=1S/C23H30N2O4S/c1-18-6-5-7-19(2)23(18)29-17-14-24-22(26)13-10-20-8-11-21(12-9-20)30(27,28)25-15-3-4-16-25/h5-9,11-12H,3-4,10,13-17H2,1-2H3,(H,24,26). The molecular weight excluding hydrogens is 400 g/mol. The second kappa shape index (κ2) is 10.1. The molecule has 0 saturated carbocycles. The minimum absolute atomic E-state index is 0.0473. The van der Waals surface area contributed by atoms with Crippen molar-refractivity contribution in [3.63, 3.8) is 0 Å². The molecule has 0 radical (unpaired) electrons.